The van der Waals surface area contributed by atoms with Crippen molar-refractivity contribution >= 4 is 17.3 Å². The molecular weight excluding hydrogens is 381 g/mol. The number of nitrogens with one attached hydrogen (secondary N) is 2. The Hall–Kier alpha value is -3.48. The number of nitrogens with zero attached hydrogens (tertiary/aromatic N) is 2. The third kappa shape index (κ3) is 4.56. The van der Waals surface area contributed by atoms with Crippen LogP contribution in [-0.4, -0.2) is 21.7 Å². The van der Waals surface area contributed by atoms with E-state index in [1.165, 1.54) is 37.7 Å². The van der Waals surface area contributed by atoms with Gasteiger partial charge in [-0.3, -0.25) is 5.41 Å². The largest absolute Gasteiger partial charge is 0.457 e. The van der Waals surface area contributed by atoms with Gasteiger partial charge in [0.2, 0.25) is 0 Å². The van der Waals surface area contributed by atoms with Crippen LogP contribution in [-0.2, 0) is 0 Å². The van der Waals surface area contributed by atoms with E-state index in [9.17, 15) is 4.39 Å². The van der Waals surface area contributed by atoms with Gasteiger partial charge in [-0.2, -0.15) is 0 Å². The molecule has 3 aromatic rings. The lowest BCUT2D eigenvalue weighted by atomic mass is 9.95. The van der Waals surface area contributed by atoms with Crippen LogP contribution in [0.5, 0.6) is 11.5 Å². The topological polar surface area (TPSA) is 96.9 Å². The molecule has 4 rings (SSSR count). The van der Waals surface area contributed by atoms with Crippen LogP contribution in [0.4, 0.5) is 16.0 Å². The third-order valence-corrected chi connectivity index (χ3v) is 5.25. The number of aromatic nitrogens is 2. The Bertz CT molecular complexity index is 1030. The van der Waals surface area contributed by atoms with E-state index in [1.807, 2.05) is 0 Å². The number of benzene rings is 2. The first kappa shape index (κ1) is 19.8. The molecule has 1 heterocycles. The molecule has 154 valence electrons. The maximum atomic E-state index is 13.3. The van der Waals surface area contributed by atoms with Crippen molar-refractivity contribution in [3.63, 3.8) is 0 Å². The van der Waals surface area contributed by atoms with E-state index in [-0.39, 0.29) is 17.3 Å². The van der Waals surface area contributed by atoms with Gasteiger partial charge in [0, 0.05) is 17.7 Å². The van der Waals surface area contributed by atoms with Crippen molar-refractivity contribution < 1.29 is 9.13 Å². The second kappa shape index (κ2) is 8.90. The summed E-state index contributed by atoms with van der Waals surface area (Å²) in [5, 5.41) is 12.2. The van der Waals surface area contributed by atoms with E-state index < -0.39 is 0 Å². The van der Waals surface area contributed by atoms with Gasteiger partial charge in [-0.25, -0.2) is 14.4 Å². The van der Waals surface area contributed by atoms with Crippen molar-refractivity contribution in [1.29, 1.82) is 5.41 Å². The van der Waals surface area contributed by atoms with Gasteiger partial charge in [0.15, 0.2) is 0 Å². The number of nitrogens with two attached hydrogens (primary N) is 1. The van der Waals surface area contributed by atoms with E-state index in [1.54, 1.807) is 36.4 Å². The molecule has 0 spiro atoms. The molecule has 1 aliphatic carbocycles. The van der Waals surface area contributed by atoms with Crippen molar-refractivity contribution in [3.05, 3.63) is 71.8 Å². The van der Waals surface area contributed by atoms with Crippen LogP contribution in [0.1, 0.15) is 43.2 Å². The zero-order chi connectivity index (χ0) is 20.9. The monoisotopic (exact) mass is 405 g/mol. The maximum Gasteiger partial charge on any atom is 0.141 e. The predicted octanol–water partition coefficient (Wildman–Crippen LogP) is 5.15. The number of anilines is 2. The Morgan fingerprint density at radius 1 is 1.03 bits per heavy atom. The Kier molecular flexibility index (Phi) is 5.88. The molecule has 0 amide bonds. The van der Waals surface area contributed by atoms with Gasteiger partial charge < -0.3 is 15.8 Å². The molecule has 0 unspecified atom stereocenters. The summed E-state index contributed by atoms with van der Waals surface area (Å²) in [5.74, 6) is 1.48. The summed E-state index contributed by atoms with van der Waals surface area (Å²) in [6.07, 6.45) is 7.24. The highest BCUT2D eigenvalue weighted by Crippen LogP contribution is 2.27. The zero-order valence-electron chi connectivity index (χ0n) is 16.6. The molecular formula is C23H24FN5O. The fraction of sp³-hybridized carbons (Fsp3) is 0.261. The highest BCUT2D eigenvalue weighted by molar-refractivity contribution is 6.16. The van der Waals surface area contributed by atoms with Gasteiger partial charge in [0.1, 0.15) is 35.3 Å². The van der Waals surface area contributed by atoms with Crippen molar-refractivity contribution in [1.82, 2.24) is 9.97 Å². The molecule has 7 heteroatoms. The Morgan fingerprint density at radius 3 is 2.53 bits per heavy atom. The molecule has 0 aliphatic heterocycles. The summed E-state index contributed by atoms with van der Waals surface area (Å²) < 4.78 is 19.0. The van der Waals surface area contributed by atoms with Crippen LogP contribution in [0.3, 0.4) is 0 Å². The van der Waals surface area contributed by atoms with E-state index >= 15 is 0 Å². The number of nitrogen functional groups attached to an aromatic ring is 1. The molecule has 0 radical (unpaired) electrons. The highest BCUT2D eigenvalue weighted by atomic mass is 19.1. The molecule has 0 atom stereocenters. The van der Waals surface area contributed by atoms with Gasteiger partial charge in [0.05, 0.1) is 11.3 Å². The van der Waals surface area contributed by atoms with Gasteiger partial charge in [0.25, 0.3) is 0 Å². The second-order valence-corrected chi connectivity index (χ2v) is 7.42. The lowest BCUT2D eigenvalue weighted by Gasteiger charge is -2.24. The fourth-order valence-corrected chi connectivity index (χ4v) is 3.70. The van der Waals surface area contributed by atoms with E-state index in [4.69, 9.17) is 15.9 Å². The van der Waals surface area contributed by atoms with Gasteiger partial charge in [-0.05, 0) is 49.2 Å². The Labute approximate surface area is 174 Å². The van der Waals surface area contributed by atoms with Crippen LogP contribution in [0.2, 0.25) is 0 Å². The molecule has 0 saturated heterocycles. The van der Waals surface area contributed by atoms with E-state index in [0.717, 1.165) is 12.8 Å². The molecule has 30 heavy (non-hydrogen) atoms. The molecule has 4 N–H and O–H groups in total. The summed E-state index contributed by atoms with van der Waals surface area (Å²) in [5.41, 5.74) is 7.52. The molecule has 0 bridgehead atoms. The van der Waals surface area contributed by atoms with E-state index in [0.29, 0.717) is 34.5 Å². The standard InChI is InChI=1S/C23H24FN5O/c24-16-5-4-8-19(13-16)30-18-11-9-15(10-12-18)21(25)20-22(26)27-14-28-23(20)29-17-6-2-1-3-7-17/h4-5,8-14,17,25H,1-3,6-7H2,(H3,26,27,28,29). The first-order chi connectivity index (χ1) is 14.6. The Balaban J connectivity index is 1.54. The normalized spacial score (nSPS) is 14.3. The van der Waals surface area contributed by atoms with Crippen LogP contribution < -0.4 is 15.8 Å². The van der Waals surface area contributed by atoms with Crippen molar-refractivity contribution in [2.24, 2.45) is 0 Å². The summed E-state index contributed by atoms with van der Waals surface area (Å²) in [7, 11) is 0. The third-order valence-electron chi connectivity index (χ3n) is 5.25. The van der Waals surface area contributed by atoms with Crippen molar-refractivity contribution in [2.75, 3.05) is 11.1 Å². The molecule has 2 aromatic carbocycles. The molecule has 1 fully saturated rings. The average Bonchev–Trinajstić information content (AvgIpc) is 2.75. The lowest BCUT2D eigenvalue weighted by molar-refractivity contribution is 0.462. The second-order valence-electron chi connectivity index (χ2n) is 7.42. The lowest BCUT2D eigenvalue weighted by Crippen LogP contribution is -2.25. The molecule has 1 saturated carbocycles. The predicted molar refractivity (Wildman–Crippen MR) is 116 cm³/mol. The fourth-order valence-electron chi connectivity index (χ4n) is 3.70. The quantitative estimate of drug-likeness (QED) is 0.493. The van der Waals surface area contributed by atoms with E-state index in [2.05, 4.69) is 15.3 Å². The number of rotatable bonds is 6. The zero-order valence-corrected chi connectivity index (χ0v) is 16.6. The molecule has 1 aromatic heterocycles. The first-order valence-electron chi connectivity index (χ1n) is 10.1. The average molecular weight is 405 g/mol. The smallest absolute Gasteiger partial charge is 0.141 e. The van der Waals surface area contributed by atoms with Crippen LogP contribution in [0.15, 0.2) is 54.9 Å². The SMILES string of the molecule is N=C(c1ccc(Oc2cccc(F)c2)cc1)c1c(N)ncnc1NC1CCCCC1. The van der Waals surface area contributed by atoms with Crippen LogP contribution in [0.25, 0.3) is 0 Å². The summed E-state index contributed by atoms with van der Waals surface area (Å²) in [4.78, 5) is 8.45. The van der Waals surface area contributed by atoms with Gasteiger partial charge in [-0.15, -0.1) is 0 Å². The highest BCUT2D eigenvalue weighted by Gasteiger charge is 2.20. The number of halogens is 1. The van der Waals surface area contributed by atoms with Crippen LogP contribution >= 0.6 is 0 Å². The first-order valence-corrected chi connectivity index (χ1v) is 10.1. The molecule has 6 nitrogen and oxygen atoms in total. The summed E-state index contributed by atoms with van der Waals surface area (Å²) in [6, 6.07) is 13.3. The minimum atomic E-state index is -0.358. The number of ether oxygens (including phenoxy) is 1. The minimum Gasteiger partial charge on any atom is -0.457 e. The van der Waals surface area contributed by atoms with Crippen molar-refractivity contribution in [3.8, 4) is 11.5 Å². The summed E-state index contributed by atoms with van der Waals surface area (Å²) in [6.45, 7) is 0. The molecule has 1 aliphatic rings. The van der Waals surface area contributed by atoms with Crippen LogP contribution in [0, 0.1) is 11.2 Å². The van der Waals surface area contributed by atoms with Crippen molar-refractivity contribution in [2.45, 2.75) is 38.1 Å². The van der Waals surface area contributed by atoms with Gasteiger partial charge >= 0.3 is 0 Å². The minimum absolute atomic E-state index is 0.240. The maximum absolute atomic E-state index is 13.3. The van der Waals surface area contributed by atoms with Gasteiger partial charge in [-0.1, -0.05) is 25.3 Å². The Morgan fingerprint density at radius 2 is 1.80 bits per heavy atom. The number of hydrogen-bond donors (Lipinski definition) is 3. The number of hydrogen-bond acceptors (Lipinski definition) is 6. The summed E-state index contributed by atoms with van der Waals surface area (Å²) >= 11 is 0.